The summed E-state index contributed by atoms with van der Waals surface area (Å²) < 4.78 is 6.26. The average molecular weight is 402 g/mol. The highest BCUT2D eigenvalue weighted by Gasteiger charge is 2.22. The number of aromatic nitrogens is 1. The third kappa shape index (κ3) is 5.60. The fraction of sp³-hybridized carbons (Fsp3) is 0.455. The predicted octanol–water partition coefficient (Wildman–Crippen LogP) is 2.82. The summed E-state index contributed by atoms with van der Waals surface area (Å²) in [4.78, 5) is 27.9. The third-order valence-electron chi connectivity index (χ3n) is 5.02. The van der Waals surface area contributed by atoms with Crippen molar-refractivity contribution in [3.05, 3.63) is 63.6 Å². The minimum absolute atomic E-state index is 0.207. The fourth-order valence-corrected chi connectivity index (χ4v) is 3.28. The zero-order chi connectivity index (χ0) is 21.4. The van der Waals surface area contributed by atoms with E-state index < -0.39 is 0 Å². The van der Waals surface area contributed by atoms with Gasteiger partial charge in [0.2, 0.25) is 0 Å². The number of amides is 1. The Labute approximate surface area is 172 Å². The molecule has 1 aromatic heterocycles. The van der Waals surface area contributed by atoms with E-state index in [4.69, 9.17) is 4.74 Å². The third-order valence-corrected chi connectivity index (χ3v) is 5.02. The summed E-state index contributed by atoms with van der Waals surface area (Å²) in [5.74, 6) is -0.207. The summed E-state index contributed by atoms with van der Waals surface area (Å²) in [7, 11) is 1.37. The number of aryl methyl sites for hydroxylation is 1. The van der Waals surface area contributed by atoms with Crippen LogP contribution in [0.3, 0.4) is 0 Å². The van der Waals surface area contributed by atoms with Gasteiger partial charge in [-0.05, 0) is 24.1 Å². The molecule has 0 atom stereocenters. The lowest BCUT2D eigenvalue weighted by Crippen LogP contribution is -2.48. The number of carbonyl (C=O) groups is 1. The topological polar surface area (TPSA) is 75.0 Å². The van der Waals surface area contributed by atoms with Gasteiger partial charge in [0.1, 0.15) is 0 Å². The van der Waals surface area contributed by atoms with Crippen LogP contribution in [0.1, 0.15) is 30.5 Å². The van der Waals surface area contributed by atoms with Gasteiger partial charge >= 0.3 is 6.09 Å². The molecule has 0 unspecified atom stereocenters. The average Bonchev–Trinajstić information content (AvgIpc) is 2.76. The lowest BCUT2D eigenvalue weighted by Gasteiger charge is -2.33. The molecule has 1 saturated heterocycles. The van der Waals surface area contributed by atoms with Crippen molar-refractivity contribution in [1.82, 2.24) is 14.4 Å². The molecule has 7 heteroatoms. The normalized spacial score (nSPS) is 14.1. The van der Waals surface area contributed by atoms with Gasteiger partial charge in [0, 0.05) is 44.5 Å². The molecule has 3 rings (SSSR count). The van der Waals surface area contributed by atoms with E-state index >= 15 is 0 Å². The molecule has 0 spiro atoms. The number of carbonyl (C=O) groups excluding carboxylic acids is 1. The highest BCUT2D eigenvalue weighted by Crippen LogP contribution is 2.16. The van der Waals surface area contributed by atoms with Crippen molar-refractivity contribution in [2.45, 2.75) is 33.9 Å². The van der Waals surface area contributed by atoms with Crippen LogP contribution in [0.5, 0.6) is 5.75 Å². The summed E-state index contributed by atoms with van der Waals surface area (Å²) in [6, 6.07) is 9.68. The van der Waals surface area contributed by atoms with Crippen LogP contribution >= 0.6 is 0 Å². The van der Waals surface area contributed by atoms with Gasteiger partial charge in [-0.3, -0.25) is 9.69 Å². The van der Waals surface area contributed by atoms with Crippen LogP contribution in [0, 0.1) is 6.92 Å². The van der Waals surface area contributed by atoms with Crippen LogP contribution < -0.4 is 5.56 Å². The standard InChI is InChI=1S/C20H25N3O4.C2H6/c1-15-5-3-4-6-16(15)14-23-8-7-17(18(24)19(23)25)13-21-9-11-22(12-10-21)20(26)27-2;1-2/h3-8,24H,9-14H2,1-2H3;1-2H3. The van der Waals surface area contributed by atoms with Crippen molar-refractivity contribution in [3.63, 3.8) is 0 Å². The monoisotopic (exact) mass is 401 g/mol. The molecular weight excluding hydrogens is 370 g/mol. The lowest BCUT2D eigenvalue weighted by molar-refractivity contribution is 0.0885. The maximum Gasteiger partial charge on any atom is 0.409 e. The van der Waals surface area contributed by atoms with Gasteiger partial charge in [-0.25, -0.2) is 4.79 Å². The molecule has 1 aliphatic rings. The maximum absolute atomic E-state index is 12.6. The summed E-state index contributed by atoms with van der Waals surface area (Å²) >= 11 is 0. The summed E-state index contributed by atoms with van der Waals surface area (Å²) in [5.41, 5.74) is 2.37. The van der Waals surface area contributed by atoms with Crippen LogP contribution in [0.4, 0.5) is 4.79 Å². The number of pyridine rings is 1. The number of methoxy groups -OCH3 is 1. The summed E-state index contributed by atoms with van der Waals surface area (Å²) in [5, 5.41) is 10.4. The van der Waals surface area contributed by atoms with Crippen molar-refractivity contribution >= 4 is 6.09 Å². The number of aromatic hydroxyl groups is 1. The van der Waals surface area contributed by atoms with E-state index in [1.807, 2.05) is 45.0 Å². The molecule has 7 nitrogen and oxygen atoms in total. The van der Waals surface area contributed by atoms with Gasteiger partial charge in [0.25, 0.3) is 5.56 Å². The molecular formula is C22H31N3O4. The molecule has 0 saturated carbocycles. The van der Waals surface area contributed by atoms with E-state index in [2.05, 4.69) is 4.90 Å². The van der Waals surface area contributed by atoms with E-state index in [0.29, 0.717) is 44.8 Å². The van der Waals surface area contributed by atoms with E-state index in [1.54, 1.807) is 17.2 Å². The molecule has 0 bridgehead atoms. The first-order valence-corrected chi connectivity index (χ1v) is 10.0. The quantitative estimate of drug-likeness (QED) is 0.853. The molecule has 1 fully saturated rings. The second kappa shape index (κ2) is 10.7. The number of ether oxygens (including phenoxy) is 1. The molecule has 158 valence electrons. The largest absolute Gasteiger partial charge is 0.503 e. The van der Waals surface area contributed by atoms with Crippen LogP contribution in [-0.2, 0) is 17.8 Å². The van der Waals surface area contributed by atoms with Crippen LogP contribution in [0.15, 0.2) is 41.3 Å². The van der Waals surface area contributed by atoms with Crippen molar-refractivity contribution < 1.29 is 14.6 Å². The first kappa shape index (κ1) is 22.5. The number of piperazine rings is 1. The number of hydrogen-bond donors (Lipinski definition) is 1. The lowest BCUT2D eigenvalue weighted by atomic mass is 10.1. The van der Waals surface area contributed by atoms with E-state index in [-0.39, 0.29) is 17.4 Å². The van der Waals surface area contributed by atoms with E-state index in [9.17, 15) is 14.7 Å². The van der Waals surface area contributed by atoms with E-state index in [0.717, 1.165) is 11.1 Å². The zero-order valence-electron chi connectivity index (χ0n) is 17.7. The zero-order valence-corrected chi connectivity index (χ0v) is 17.7. The molecule has 0 radical (unpaired) electrons. The first-order chi connectivity index (χ1) is 14.0. The Morgan fingerprint density at radius 1 is 1.03 bits per heavy atom. The van der Waals surface area contributed by atoms with Gasteiger partial charge in [0.15, 0.2) is 5.75 Å². The van der Waals surface area contributed by atoms with E-state index in [1.165, 1.54) is 11.7 Å². The number of nitrogens with zero attached hydrogens (tertiary/aromatic N) is 3. The number of benzene rings is 1. The first-order valence-electron chi connectivity index (χ1n) is 10.0. The molecule has 29 heavy (non-hydrogen) atoms. The molecule has 1 amide bonds. The van der Waals surface area contributed by atoms with Gasteiger partial charge in [-0.2, -0.15) is 0 Å². The van der Waals surface area contributed by atoms with Crippen molar-refractivity contribution in [2.75, 3.05) is 33.3 Å². The molecule has 1 N–H and O–H groups in total. The fourth-order valence-electron chi connectivity index (χ4n) is 3.28. The molecule has 2 aromatic rings. The second-order valence-electron chi connectivity index (χ2n) is 6.78. The Morgan fingerprint density at radius 3 is 2.31 bits per heavy atom. The highest BCUT2D eigenvalue weighted by atomic mass is 16.5. The van der Waals surface area contributed by atoms with Crippen molar-refractivity contribution in [3.8, 4) is 5.75 Å². The Bertz CT molecular complexity index is 871. The molecule has 1 aromatic carbocycles. The maximum atomic E-state index is 12.6. The summed E-state index contributed by atoms with van der Waals surface area (Å²) in [6.45, 7) is 9.37. The van der Waals surface area contributed by atoms with Crippen LogP contribution in [-0.4, -0.2) is 58.9 Å². The Hall–Kier alpha value is -2.80. The predicted molar refractivity (Wildman–Crippen MR) is 113 cm³/mol. The van der Waals surface area contributed by atoms with Gasteiger partial charge in [-0.1, -0.05) is 38.1 Å². The van der Waals surface area contributed by atoms with Crippen LogP contribution in [0.25, 0.3) is 0 Å². The second-order valence-corrected chi connectivity index (χ2v) is 6.78. The Kier molecular flexibility index (Phi) is 8.27. The molecule has 1 aliphatic heterocycles. The SMILES string of the molecule is CC.COC(=O)N1CCN(Cc2ccn(Cc3ccccc3C)c(=O)c2O)CC1. The van der Waals surface area contributed by atoms with Crippen LogP contribution in [0.2, 0.25) is 0 Å². The highest BCUT2D eigenvalue weighted by molar-refractivity contribution is 5.67. The number of rotatable bonds is 4. The summed E-state index contributed by atoms with van der Waals surface area (Å²) in [6.07, 6.45) is 1.41. The van der Waals surface area contributed by atoms with Gasteiger partial charge < -0.3 is 19.3 Å². The molecule has 2 heterocycles. The number of hydrogen-bond acceptors (Lipinski definition) is 5. The Morgan fingerprint density at radius 2 is 1.69 bits per heavy atom. The van der Waals surface area contributed by atoms with Crippen molar-refractivity contribution in [1.29, 1.82) is 0 Å². The van der Waals surface area contributed by atoms with Crippen molar-refractivity contribution in [2.24, 2.45) is 0 Å². The van der Waals surface area contributed by atoms with Gasteiger partial charge in [-0.15, -0.1) is 0 Å². The minimum atomic E-state index is -0.385. The smallest absolute Gasteiger partial charge is 0.409 e. The molecule has 0 aliphatic carbocycles. The van der Waals surface area contributed by atoms with Gasteiger partial charge in [0.05, 0.1) is 13.7 Å². The Balaban J connectivity index is 0.00000145. The minimum Gasteiger partial charge on any atom is -0.503 e.